The Balaban J connectivity index is 1.75. The van der Waals surface area contributed by atoms with Crippen molar-refractivity contribution in [3.05, 3.63) is 34.9 Å². The molecule has 3 rings (SSSR count). The first kappa shape index (κ1) is 12.7. The molecule has 104 valence electrons. The number of rotatable bonds is 2. The SMILES string of the molecule is O=C1CC(C(=O)N2Cc3ccc(C(=O)O)cc3C2)CN1. The average Bonchev–Trinajstić information content (AvgIpc) is 3.02. The first-order valence-electron chi connectivity index (χ1n) is 6.45. The van der Waals surface area contributed by atoms with Crippen LogP contribution in [-0.4, -0.2) is 34.3 Å². The fraction of sp³-hybridized carbons (Fsp3) is 0.357. The Kier molecular flexibility index (Phi) is 2.93. The molecular weight excluding hydrogens is 260 g/mol. The molecule has 1 atom stereocenters. The van der Waals surface area contributed by atoms with Gasteiger partial charge in [-0.1, -0.05) is 6.07 Å². The van der Waals surface area contributed by atoms with Crippen molar-refractivity contribution in [2.75, 3.05) is 6.54 Å². The van der Waals surface area contributed by atoms with Gasteiger partial charge in [0, 0.05) is 26.1 Å². The highest BCUT2D eigenvalue weighted by Gasteiger charge is 2.33. The smallest absolute Gasteiger partial charge is 0.335 e. The number of amides is 2. The zero-order valence-electron chi connectivity index (χ0n) is 10.8. The predicted molar refractivity (Wildman–Crippen MR) is 68.8 cm³/mol. The normalized spacial score (nSPS) is 20.7. The van der Waals surface area contributed by atoms with Gasteiger partial charge in [0.25, 0.3) is 0 Å². The maximum Gasteiger partial charge on any atom is 0.335 e. The number of hydrogen-bond acceptors (Lipinski definition) is 3. The summed E-state index contributed by atoms with van der Waals surface area (Å²) in [5, 5.41) is 11.6. The number of nitrogens with one attached hydrogen (secondary N) is 1. The minimum atomic E-state index is -0.969. The van der Waals surface area contributed by atoms with E-state index in [-0.39, 0.29) is 29.7 Å². The van der Waals surface area contributed by atoms with Crippen molar-refractivity contribution in [3.8, 4) is 0 Å². The average molecular weight is 274 g/mol. The summed E-state index contributed by atoms with van der Waals surface area (Å²) in [6.07, 6.45) is 0.242. The van der Waals surface area contributed by atoms with E-state index >= 15 is 0 Å². The second-order valence-corrected chi connectivity index (χ2v) is 5.19. The van der Waals surface area contributed by atoms with E-state index in [0.29, 0.717) is 19.6 Å². The molecule has 2 amide bonds. The van der Waals surface area contributed by atoms with Crippen LogP contribution in [0.4, 0.5) is 0 Å². The number of fused-ring (bicyclic) bond motifs is 1. The Morgan fingerprint density at radius 2 is 2.00 bits per heavy atom. The molecule has 6 heteroatoms. The van der Waals surface area contributed by atoms with Gasteiger partial charge >= 0.3 is 5.97 Å². The Bertz CT molecular complexity index is 611. The lowest BCUT2D eigenvalue weighted by Crippen LogP contribution is -2.33. The Morgan fingerprint density at radius 3 is 2.65 bits per heavy atom. The van der Waals surface area contributed by atoms with Gasteiger partial charge in [-0.25, -0.2) is 4.79 Å². The lowest BCUT2D eigenvalue weighted by Gasteiger charge is -2.18. The highest BCUT2D eigenvalue weighted by Crippen LogP contribution is 2.26. The monoisotopic (exact) mass is 274 g/mol. The topological polar surface area (TPSA) is 86.7 Å². The fourth-order valence-corrected chi connectivity index (χ4v) is 2.72. The number of benzene rings is 1. The van der Waals surface area contributed by atoms with E-state index in [1.54, 1.807) is 23.1 Å². The molecule has 0 aliphatic carbocycles. The lowest BCUT2D eigenvalue weighted by atomic mass is 10.1. The minimum absolute atomic E-state index is 0.0450. The van der Waals surface area contributed by atoms with Crippen molar-refractivity contribution >= 4 is 17.8 Å². The number of nitrogens with zero attached hydrogens (tertiary/aromatic N) is 1. The van der Waals surface area contributed by atoms with Crippen LogP contribution < -0.4 is 5.32 Å². The van der Waals surface area contributed by atoms with E-state index in [0.717, 1.165) is 11.1 Å². The van der Waals surface area contributed by atoms with Crippen LogP contribution in [0.25, 0.3) is 0 Å². The molecule has 0 spiro atoms. The van der Waals surface area contributed by atoms with Gasteiger partial charge in [0.1, 0.15) is 0 Å². The second kappa shape index (κ2) is 4.63. The van der Waals surface area contributed by atoms with E-state index in [1.165, 1.54) is 0 Å². The molecule has 0 aromatic heterocycles. The van der Waals surface area contributed by atoms with Crippen LogP contribution in [0.2, 0.25) is 0 Å². The zero-order valence-corrected chi connectivity index (χ0v) is 10.8. The summed E-state index contributed by atoms with van der Waals surface area (Å²) >= 11 is 0. The third kappa shape index (κ3) is 2.13. The molecule has 0 saturated carbocycles. The van der Waals surface area contributed by atoms with Gasteiger partial charge in [-0.05, 0) is 23.3 Å². The van der Waals surface area contributed by atoms with Gasteiger partial charge in [-0.3, -0.25) is 9.59 Å². The van der Waals surface area contributed by atoms with Crippen LogP contribution >= 0.6 is 0 Å². The number of carboxylic acids is 1. The summed E-state index contributed by atoms with van der Waals surface area (Å²) in [6, 6.07) is 4.92. The van der Waals surface area contributed by atoms with E-state index < -0.39 is 5.97 Å². The number of aromatic carboxylic acids is 1. The van der Waals surface area contributed by atoms with E-state index in [2.05, 4.69) is 5.32 Å². The molecule has 2 aliphatic rings. The summed E-state index contributed by atoms with van der Waals surface area (Å²) in [5.74, 6) is -1.40. The van der Waals surface area contributed by atoms with Crippen molar-refractivity contribution in [2.45, 2.75) is 19.5 Å². The Morgan fingerprint density at radius 1 is 1.25 bits per heavy atom. The third-order valence-electron chi connectivity index (χ3n) is 3.81. The van der Waals surface area contributed by atoms with Crippen LogP contribution in [0.15, 0.2) is 18.2 Å². The Labute approximate surface area is 115 Å². The summed E-state index contributed by atoms with van der Waals surface area (Å²) in [6.45, 7) is 1.30. The number of carbonyl (C=O) groups is 3. The van der Waals surface area contributed by atoms with Crippen molar-refractivity contribution in [1.29, 1.82) is 0 Å². The standard InChI is InChI=1S/C14H14N2O4/c17-12-4-10(5-15-12)13(18)16-6-9-2-1-8(14(19)20)3-11(9)7-16/h1-3,10H,4-7H2,(H,15,17)(H,19,20). The minimum Gasteiger partial charge on any atom is -0.478 e. The molecule has 1 fully saturated rings. The third-order valence-corrected chi connectivity index (χ3v) is 3.81. The van der Waals surface area contributed by atoms with Gasteiger partial charge < -0.3 is 15.3 Å². The van der Waals surface area contributed by atoms with Gasteiger partial charge in [-0.2, -0.15) is 0 Å². The van der Waals surface area contributed by atoms with Crippen molar-refractivity contribution in [1.82, 2.24) is 10.2 Å². The molecule has 2 N–H and O–H groups in total. The Hall–Kier alpha value is -2.37. The first-order valence-corrected chi connectivity index (χ1v) is 6.45. The zero-order chi connectivity index (χ0) is 14.3. The molecule has 1 saturated heterocycles. The van der Waals surface area contributed by atoms with Gasteiger partial charge in [0.2, 0.25) is 11.8 Å². The largest absolute Gasteiger partial charge is 0.478 e. The molecule has 6 nitrogen and oxygen atoms in total. The number of carboxylic acid groups (broad SMARTS) is 1. The molecule has 1 aromatic carbocycles. The van der Waals surface area contributed by atoms with E-state index in [1.807, 2.05) is 0 Å². The quantitative estimate of drug-likeness (QED) is 0.815. The summed E-state index contributed by atoms with van der Waals surface area (Å²) in [7, 11) is 0. The van der Waals surface area contributed by atoms with Crippen LogP contribution in [0, 0.1) is 5.92 Å². The van der Waals surface area contributed by atoms with Crippen molar-refractivity contribution in [3.63, 3.8) is 0 Å². The number of hydrogen-bond donors (Lipinski definition) is 2. The molecule has 1 unspecified atom stereocenters. The predicted octanol–water partition coefficient (Wildman–Crippen LogP) is 0.363. The molecule has 1 aromatic rings. The summed E-state index contributed by atoms with van der Waals surface area (Å²) in [4.78, 5) is 36.1. The first-order chi connectivity index (χ1) is 9.54. The fourth-order valence-electron chi connectivity index (χ4n) is 2.72. The highest BCUT2D eigenvalue weighted by atomic mass is 16.4. The van der Waals surface area contributed by atoms with Gasteiger partial charge in [0.05, 0.1) is 11.5 Å². The molecular formula is C14H14N2O4. The molecule has 20 heavy (non-hydrogen) atoms. The van der Waals surface area contributed by atoms with E-state index in [4.69, 9.17) is 5.11 Å². The summed E-state index contributed by atoms with van der Waals surface area (Å²) < 4.78 is 0. The lowest BCUT2D eigenvalue weighted by molar-refractivity contribution is -0.136. The van der Waals surface area contributed by atoms with Gasteiger partial charge in [0.15, 0.2) is 0 Å². The second-order valence-electron chi connectivity index (χ2n) is 5.19. The van der Waals surface area contributed by atoms with E-state index in [9.17, 15) is 14.4 Å². The van der Waals surface area contributed by atoms with Crippen LogP contribution in [-0.2, 0) is 22.7 Å². The molecule has 2 aliphatic heterocycles. The van der Waals surface area contributed by atoms with Crippen LogP contribution in [0.3, 0.4) is 0 Å². The van der Waals surface area contributed by atoms with Crippen LogP contribution in [0.5, 0.6) is 0 Å². The maximum atomic E-state index is 12.3. The molecule has 2 heterocycles. The van der Waals surface area contributed by atoms with Crippen molar-refractivity contribution in [2.24, 2.45) is 5.92 Å². The maximum absolute atomic E-state index is 12.3. The van der Waals surface area contributed by atoms with Gasteiger partial charge in [-0.15, -0.1) is 0 Å². The molecule has 0 bridgehead atoms. The molecule has 0 radical (unpaired) electrons. The summed E-state index contributed by atoms with van der Waals surface area (Å²) in [5.41, 5.74) is 2.08. The van der Waals surface area contributed by atoms with Crippen LogP contribution in [0.1, 0.15) is 27.9 Å². The van der Waals surface area contributed by atoms with Crippen molar-refractivity contribution < 1.29 is 19.5 Å². The highest BCUT2D eigenvalue weighted by molar-refractivity contribution is 5.90. The number of carbonyl (C=O) groups excluding carboxylic acids is 2.